The lowest BCUT2D eigenvalue weighted by Crippen LogP contribution is -2.15. The molecule has 3 aromatic heterocycles. The largest absolute Gasteiger partial charge is 0.436 e. The van der Waals surface area contributed by atoms with Crippen LogP contribution in [0.15, 0.2) is 81.6 Å². The van der Waals surface area contributed by atoms with Gasteiger partial charge in [-0.15, -0.1) is 0 Å². The summed E-state index contributed by atoms with van der Waals surface area (Å²) in [5, 5.41) is 3.78. The molecular formula is C34H26Cl2F6N6O2. The summed E-state index contributed by atoms with van der Waals surface area (Å²) in [5.41, 5.74) is 11.7. The van der Waals surface area contributed by atoms with E-state index in [-0.39, 0.29) is 13.1 Å². The molecule has 8 nitrogen and oxygen atoms in total. The van der Waals surface area contributed by atoms with E-state index in [1.807, 2.05) is 0 Å². The van der Waals surface area contributed by atoms with Crippen molar-refractivity contribution in [1.82, 2.24) is 19.5 Å². The first-order valence-electron chi connectivity index (χ1n) is 15.0. The zero-order chi connectivity index (χ0) is 35.8. The standard InChI is InChI=1S/C18H13ClF3N3O.C16H13ClF3N3O/c1-10-23-13-8-11(2-4-15(13)25(10)7-6-18(20,21)22)17-24-14-9-12(19)3-5-16(14)26-17;17-10-2-4-14-13(8-10)23-15(24-14)9-1-3-12(11(21)7-9)22-6-5-16(18,19)20/h2-5,8-9H,6-7H2,1H3;1-4,7-8,22H,5-6,21H2. The Balaban J connectivity index is 0.000000174. The second-order valence-electron chi connectivity index (χ2n) is 11.2. The van der Waals surface area contributed by atoms with Gasteiger partial charge in [-0.1, -0.05) is 23.2 Å². The number of oxazole rings is 2. The highest BCUT2D eigenvalue weighted by molar-refractivity contribution is 6.31. The summed E-state index contributed by atoms with van der Waals surface area (Å²) in [5.74, 6) is 1.30. The van der Waals surface area contributed by atoms with E-state index in [0.717, 1.165) is 0 Å². The molecule has 4 aromatic carbocycles. The molecular weight excluding hydrogens is 709 g/mol. The summed E-state index contributed by atoms with van der Waals surface area (Å²) in [6, 6.07) is 20.4. The van der Waals surface area contributed by atoms with Crippen LogP contribution in [0.3, 0.4) is 0 Å². The normalized spacial score (nSPS) is 12.1. The molecule has 0 saturated carbocycles. The highest BCUT2D eigenvalue weighted by atomic mass is 35.5. The van der Waals surface area contributed by atoms with Crippen LogP contribution in [-0.2, 0) is 6.54 Å². The van der Waals surface area contributed by atoms with Crippen molar-refractivity contribution in [3.8, 4) is 22.9 Å². The van der Waals surface area contributed by atoms with E-state index >= 15 is 0 Å². The molecule has 0 fully saturated rings. The molecule has 7 rings (SSSR count). The third-order valence-electron chi connectivity index (χ3n) is 7.53. The van der Waals surface area contributed by atoms with Crippen LogP contribution in [0.4, 0.5) is 37.7 Å². The molecule has 16 heteroatoms. The molecule has 50 heavy (non-hydrogen) atoms. The molecule has 0 amide bonds. The Bertz CT molecular complexity index is 2310. The second kappa shape index (κ2) is 13.8. The smallest absolute Gasteiger partial charge is 0.390 e. The van der Waals surface area contributed by atoms with E-state index in [2.05, 4.69) is 20.3 Å². The minimum atomic E-state index is -4.21. The fourth-order valence-electron chi connectivity index (χ4n) is 5.15. The van der Waals surface area contributed by atoms with E-state index in [0.29, 0.717) is 83.4 Å². The van der Waals surface area contributed by atoms with Crippen LogP contribution in [0.5, 0.6) is 0 Å². The third-order valence-corrected chi connectivity index (χ3v) is 8.00. The lowest BCUT2D eigenvalue weighted by molar-refractivity contribution is -0.136. The average molecular weight is 736 g/mol. The lowest BCUT2D eigenvalue weighted by atomic mass is 10.1. The number of nitrogens with two attached hydrogens (primary N) is 1. The Morgan fingerprint density at radius 3 is 1.82 bits per heavy atom. The van der Waals surface area contributed by atoms with Gasteiger partial charge in [0.05, 0.1) is 35.2 Å². The van der Waals surface area contributed by atoms with Crippen molar-refractivity contribution in [3.63, 3.8) is 0 Å². The minimum absolute atomic E-state index is 0.160. The first kappa shape index (κ1) is 34.9. The second-order valence-corrected chi connectivity index (χ2v) is 12.1. The van der Waals surface area contributed by atoms with Crippen molar-refractivity contribution in [2.45, 2.75) is 38.7 Å². The van der Waals surface area contributed by atoms with Crippen LogP contribution in [0.25, 0.3) is 56.1 Å². The minimum Gasteiger partial charge on any atom is -0.436 e. The van der Waals surface area contributed by atoms with Gasteiger partial charge in [0.15, 0.2) is 11.2 Å². The van der Waals surface area contributed by atoms with Gasteiger partial charge in [-0.25, -0.2) is 15.0 Å². The molecule has 0 aliphatic carbocycles. The van der Waals surface area contributed by atoms with Gasteiger partial charge in [-0.2, -0.15) is 26.3 Å². The zero-order valence-electron chi connectivity index (χ0n) is 26.0. The number of imidazole rings is 1. The Kier molecular flexibility index (Phi) is 9.60. The topological polar surface area (TPSA) is 108 Å². The number of aromatic nitrogens is 4. The lowest BCUT2D eigenvalue weighted by Gasteiger charge is -2.11. The van der Waals surface area contributed by atoms with Gasteiger partial charge in [-0.3, -0.25) is 0 Å². The summed E-state index contributed by atoms with van der Waals surface area (Å²) in [6.45, 7) is 1.29. The number of rotatable bonds is 7. The van der Waals surface area contributed by atoms with E-state index in [1.54, 1.807) is 84.3 Å². The number of anilines is 2. The van der Waals surface area contributed by atoms with Gasteiger partial charge < -0.3 is 24.5 Å². The Morgan fingerprint density at radius 2 is 1.26 bits per heavy atom. The Labute approximate surface area is 289 Å². The Hall–Kier alpha value is -4.95. The predicted molar refractivity (Wildman–Crippen MR) is 181 cm³/mol. The number of hydrogen-bond acceptors (Lipinski definition) is 7. The maximum atomic E-state index is 12.5. The van der Waals surface area contributed by atoms with Crippen molar-refractivity contribution in [1.29, 1.82) is 0 Å². The SMILES string of the molecule is Cc1nc2cc(-c3nc4cc(Cl)ccc4o3)ccc2n1CCC(F)(F)F.Nc1cc(-c2nc3cc(Cl)ccc3o2)ccc1NCCC(F)(F)F. The number of alkyl halides is 6. The molecule has 260 valence electrons. The van der Waals surface area contributed by atoms with Crippen molar-refractivity contribution < 1.29 is 35.2 Å². The molecule has 0 radical (unpaired) electrons. The van der Waals surface area contributed by atoms with Crippen LogP contribution >= 0.6 is 23.2 Å². The molecule has 0 spiro atoms. The maximum absolute atomic E-state index is 12.5. The average Bonchev–Trinajstić information content (AvgIpc) is 3.73. The molecule has 3 heterocycles. The summed E-state index contributed by atoms with van der Waals surface area (Å²) in [7, 11) is 0. The number of nitrogen functional groups attached to an aromatic ring is 1. The highest BCUT2D eigenvalue weighted by Crippen LogP contribution is 2.32. The molecule has 7 aromatic rings. The van der Waals surface area contributed by atoms with Crippen LogP contribution < -0.4 is 11.1 Å². The van der Waals surface area contributed by atoms with Crippen molar-refractivity contribution in [2.75, 3.05) is 17.6 Å². The van der Waals surface area contributed by atoms with E-state index in [1.165, 1.54) is 0 Å². The van der Waals surface area contributed by atoms with Crippen LogP contribution in [0.1, 0.15) is 18.7 Å². The summed E-state index contributed by atoms with van der Waals surface area (Å²) < 4.78 is 87.0. The van der Waals surface area contributed by atoms with Gasteiger partial charge in [-0.05, 0) is 79.7 Å². The Morgan fingerprint density at radius 1 is 0.700 bits per heavy atom. The number of hydrogen-bond donors (Lipinski definition) is 2. The molecule has 0 bridgehead atoms. The summed E-state index contributed by atoms with van der Waals surface area (Å²) in [4.78, 5) is 13.1. The predicted octanol–water partition coefficient (Wildman–Crippen LogP) is 10.9. The number of nitrogens with one attached hydrogen (secondary N) is 1. The van der Waals surface area contributed by atoms with Crippen LogP contribution in [0.2, 0.25) is 10.0 Å². The first-order valence-corrected chi connectivity index (χ1v) is 15.7. The van der Waals surface area contributed by atoms with Gasteiger partial charge in [0, 0.05) is 34.3 Å². The monoisotopic (exact) mass is 734 g/mol. The number of halogens is 8. The molecule has 0 unspecified atom stereocenters. The van der Waals surface area contributed by atoms with Gasteiger partial charge in [0.1, 0.15) is 16.9 Å². The third kappa shape index (κ3) is 8.25. The highest BCUT2D eigenvalue weighted by Gasteiger charge is 2.28. The van der Waals surface area contributed by atoms with Gasteiger partial charge in [0.25, 0.3) is 0 Å². The van der Waals surface area contributed by atoms with Crippen molar-refractivity contribution in [2.24, 2.45) is 0 Å². The molecule has 0 atom stereocenters. The van der Waals surface area contributed by atoms with Crippen molar-refractivity contribution in [3.05, 3.63) is 88.7 Å². The van der Waals surface area contributed by atoms with Gasteiger partial charge in [0.2, 0.25) is 11.8 Å². The summed E-state index contributed by atoms with van der Waals surface area (Å²) in [6.07, 6.45) is -10.2. The van der Waals surface area contributed by atoms with Crippen LogP contribution in [-0.4, -0.2) is 38.4 Å². The fraction of sp³-hybridized carbons (Fsp3) is 0.206. The maximum Gasteiger partial charge on any atom is 0.390 e. The summed E-state index contributed by atoms with van der Waals surface area (Å²) >= 11 is 11.9. The van der Waals surface area contributed by atoms with Crippen molar-refractivity contribution >= 4 is 67.8 Å². The number of nitrogens with zero attached hydrogens (tertiary/aromatic N) is 4. The molecule has 0 aliphatic heterocycles. The van der Waals surface area contributed by atoms with E-state index < -0.39 is 25.2 Å². The molecule has 0 aliphatic rings. The van der Waals surface area contributed by atoms with E-state index in [4.69, 9.17) is 37.8 Å². The number of aryl methyl sites for hydroxylation is 2. The number of benzene rings is 4. The van der Waals surface area contributed by atoms with Crippen LogP contribution in [0, 0.1) is 6.92 Å². The van der Waals surface area contributed by atoms with Gasteiger partial charge >= 0.3 is 12.4 Å². The first-order chi connectivity index (χ1) is 23.6. The molecule has 3 N–H and O–H groups in total. The number of fused-ring (bicyclic) bond motifs is 3. The molecule has 0 saturated heterocycles. The zero-order valence-corrected chi connectivity index (χ0v) is 27.5. The fourth-order valence-corrected chi connectivity index (χ4v) is 5.48. The quantitative estimate of drug-likeness (QED) is 0.124. The van der Waals surface area contributed by atoms with E-state index in [9.17, 15) is 26.3 Å².